The second-order valence-corrected chi connectivity index (χ2v) is 2.82. The fraction of sp³-hybridized carbons (Fsp3) is 0.500. The Balaban J connectivity index is 2.98. The predicted octanol–water partition coefficient (Wildman–Crippen LogP) is 1.12. The molecule has 1 nitrogen and oxygen atoms in total. The molecule has 0 aliphatic heterocycles. The molecule has 3 heteroatoms. The van der Waals surface area contributed by atoms with Crippen LogP contribution < -0.4 is 0 Å². The first-order valence-electron chi connectivity index (χ1n) is 1.87. The molecular formula is C4H7ClOS. The van der Waals surface area contributed by atoms with Crippen molar-refractivity contribution in [1.82, 2.24) is 0 Å². The summed E-state index contributed by atoms with van der Waals surface area (Å²) in [6, 6.07) is 0. The monoisotopic (exact) mass is 138 g/mol. The molecule has 0 radical (unpaired) electrons. The Morgan fingerprint density at radius 1 is 1.86 bits per heavy atom. The smallest absolute Gasteiger partial charge is 0.123 e. The van der Waals surface area contributed by atoms with Crippen LogP contribution in [0.2, 0.25) is 0 Å². The van der Waals surface area contributed by atoms with Gasteiger partial charge in [-0.3, -0.25) is 0 Å². The van der Waals surface area contributed by atoms with Crippen LogP contribution in [-0.4, -0.2) is 16.2 Å². The van der Waals surface area contributed by atoms with Crippen LogP contribution in [0.25, 0.3) is 0 Å². The molecule has 1 atom stereocenters. The standard InChI is InChI=1S/C4H7ClOS/c1-2-7(6)4-3-5/h2H,1,3-4H2. The van der Waals surface area contributed by atoms with Crippen LogP contribution >= 0.6 is 11.6 Å². The molecule has 0 aliphatic rings. The fourth-order valence-electron chi connectivity index (χ4n) is 0.159. The summed E-state index contributed by atoms with van der Waals surface area (Å²) in [6.07, 6.45) is 0. The average molecular weight is 139 g/mol. The Morgan fingerprint density at radius 3 is 2.57 bits per heavy atom. The third-order valence-corrected chi connectivity index (χ3v) is 1.86. The van der Waals surface area contributed by atoms with E-state index in [-0.39, 0.29) is 0 Å². The highest BCUT2D eigenvalue weighted by atomic mass is 35.5. The number of rotatable bonds is 3. The van der Waals surface area contributed by atoms with E-state index in [9.17, 15) is 4.55 Å². The summed E-state index contributed by atoms with van der Waals surface area (Å²) in [7, 11) is 0. The minimum atomic E-state index is -0.895. The molecule has 0 aromatic heterocycles. The molecule has 42 valence electrons. The lowest BCUT2D eigenvalue weighted by Gasteiger charge is -1.98. The van der Waals surface area contributed by atoms with Crippen molar-refractivity contribution in [3.63, 3.8) is 0 Å². The molecule has 0 spiro atoms. The van der Waals surface area contributed by atoms with Gasteiger partial charge in [-0.2, -0.15) is 0 Å². The lowest BCUT2D eigenvalue weighted by Crippen LogP contribution is -2.01. The molecule has 0 aromatic rings. The molecule has 0 aliphatic carbocycles. The van der Waals surface area contributed by atoms with Crippen LogP contribution in [-0.2, 0) is 11.2 Å². The van der Waals surface area contributed by atoms with Crippen LogP contribution in [0.5, 0.6) is 0 Å². The van der Waals surface area contributed by atoms with E-state index in [1.54, 1.807) is 0 Å². The minimum Gasteiger partial charge on any atom is -0.612 e. The summed E-state index contributed by atoms with van der Waals surface area (Å²) >= 11 is 4.34. The van der Waals surface area contributed by atoms with Crippen LogP contribution in [0.1, 0.15) is 0 Å². The summed E-state index contributed by atoms with van der Waals surface area (Å²) in [5.74, 6) is 0.962. The number of hydrogen-bond donors (Lipinski definition) is 0. The van der Waals surface area contributed by atoms with Crippen molar-refractivity contribution in [1.29, 1.82) is 0 Å². The summed E-state index contributed by atoms with van der Waals surface area (Å²) < 4.78 is 10.3. The molecule has 0 N–H and O–H groups in total. The van der Waals surface area contributed by atoms with Crippen LogP contribution in [0, 0.1) is 0 Å². The number of halogens is 1. The van der Waals surface area contributed by atoms with Gasteiger partial charge in [-0.05, 0) is 11.2 Å². The second kappa shape index (κ2) is 4.50. The van der Waals surface area contributed by atoms with Gasteiger partial charge in [0.2, 0.25) is 0 Å². The van der Waals surface area contributed by atoms with E-state index < -0.39 is 11.2 Å². The third-order valence-electron chi connectivity index (χ3n) is 0.464. The van der Waals surface area contributed by atoms with E-state index in [1.807, 2.05) is 0 Å². The predicted molar refractivity (Wildman–Crippen MR) is 33.9 cm³/mol. The maximum Gasteiger partial charge on any atom is 0.123 e. The highest BCUT2D eigenvalue weighted by Crippen LogP contribution is 1.90. The summed E-state index contributed by atoms with van der Waals surface area (Å²) in [4.78, 5) is 0. The SMILES string of the molecule is C=C[S+]([O-])CCCl. The number of hydrogen-bond acceptors (Lipinski definition) is 1. The largest absolute Gasteiger partial charge is 0.612 e. The van der Waals surface area contributed by atoms with Gasteiger partial charge in [-0.25, -0.2) is 0 Å². The van der Waals surface area contributed by atoms with Crippen molar-refractivity contribution >= 4 is 22.8 Å². The Kier molecular flexibility index (Phi) is 4.72. The van der Waals surface area contributed by atoms with Gasteiger partial charge in [0.05, 0.1) is 5.88 Å². The summed E-state index contributed by atoms with van der Waals surface area (Å²) in [5.41, 5.74) is 0. The molecule has 0 heterocycles. The Hall–Kier alpha value is 0.340. The lowest BCUT2D eigenvalue weighted by atomic mass is 11.0. The molecule has 0 aromatic carbocycles. The van der Waals surface area contributed by atoms with Crippen molar-refractivity contribution in [3.05, 3.63) is 12.0 Å². The van der Waals surface area contributed by atoms with Crippen molar-refractivity contribution < 1.29 is 4.55 Å². The lowest BCUT2D eigenvalue weighted by molar-refractivity contribution is 0.605. The van der Waals surface area contributed by atoms with Gasteiger partial charge in [0.25, 0.3) is 0 Å². The molecule has 0 rings (SSSR count). The topological polar surface area (TPSA) is 23.1 Å². The van der Waals surface area contributed by atoms with E-state index in [1.165, 1.54) is 5.41 Å². The van der Waals surface area contributed by atoms with Crippen molar-refractivity contribution in [2.45, 2.75) is 0 Å². The fourth-order valence-corrected chi connectivity index (χ4v) is 0.934. The molecule has 0 fully saturated rings. The molecule has 7 heavy (non-hydrogen) atoms. The van der Waals surface area contributed by atoms with Crippen molar-refractivity contribution in [3.8, 4) is 0 Å². The van der Waals surface area contributed by atoms with Crippen molar-refractivity contribution in [2.75, 3.05) is 11.6 Å². The first kappa shape index (κ1) is 7.34. The van der Waals surface area contributed by atoms with Gasteiger partial charge in [0.1, 0.15) is 11.2 Å². The normalized spacial score (nSPS) is 13.4. The highest BCUT2D eigenvalue weighted by Gasteiger charge is 1.93. The maximum absolute atomic E-state index is 10.3. The van der Waals surface area contributed by atoms with Gasteiger partial charge in [0, 0.05) is 0 Å². The van der Waals surface area contributed by atoms with Crippen LogP contribution in [0.4, 0.5) is 0 Å². The zero-order valence-corrected chi connectivity index (χ0v) is 5.47. The van der Waals surface area contributed by atoms with Gasteiger partial charge in [-0.1, -0.05) is 6.58 Å². The summed E-state index contributed by atoms with van der Waals surface area (Å²) in [6.45, 7) is 3.32. The molecular weight excluding hydrogens is 132 g/mol. The zero-order chi connectivity index (χ0) is 5.70. The molecule has 0 bridgehead atoms. The molecule has 0 amide bonds. The van der Waals surface area contributed by atoms with Crippen LogP contribution in [0.15, 0.2) is 12.0 Å². The Bertz CT molecular complexity index is 57.7. The first-order valence-corrected chi connectivity index (χ1v) is 3.78. The second-order valence-electron chi connectivity index (χ2n) is 0.941. The number of alkyl halides is 1. The van der Waals surface area contributed by atoms with Crippen molar-refractivity contribution in [2.24, 2.45) is 0 Å². The zero-order valence-electron chi connectivity index (χ0n) is 3.89. The van der Waals surface area contributed by atoms with E-state index in [2.05, 4.69) is 6.58 Å². The summed E-state index contributed by atoms with van der Waals surface area (Å²) in [5, 5.41) is 1.39. The van der Waals surface area contributed by atoms with E-state index in [4.69, 9.17) is 11.6 Å². The van der Waals surface area contributed by atoms with E-state index in [0.717, 1.165) is 0 Å². The maximum atomic E-state index is 10.3. The highest BCUT2D eigenvalue weighted by molar-refractivity contribution is 7.94. The molecule has 0 saturated heterocycles. The Labute approximate surface area is 51.5 Å². The van der Waals surface area contributed by atoms with Gasteiger partial charge in [0.15, 0.2) is 0 Å². The van der Waals surface area contributed by atoms with Gasteiger partial charge < -0.3 is 4.55 Å². The molecule has 1 unspecified atom stereocenters. The first-order chi connectivity index (χ1) is 3.31. The van der Waals surface area contributed by atoms with Gasteiger partial charge in [-0.15, -0.1) is 11.6 Å². The average Bonchev–Trinajstić information content (AvgIpc) is 1.68. The van der Waals surface area contributed by atoms with Crippen LogP contribution in [0.3, 0.4) is 0 Å². The minimum absolute atomic E-state index is 0.443. The Morgan fingerprint density at radius 2 is 2.43 bits per heavy atom. The molecule has 0 saturated carbocycles. The van der Waals surface area contributed by atoms with E-state index >= 15 is 0 Å². The van der Waals surface area contributed by atoms with Gasteiger partial charge >= 0.3 is 0 Å². The quantitative estimate of drug-likeness (QED) is 0.424. The third kappa shape index (κ3) is 4.19. The van der Waals surface area contributed by atoms with E-state index in [0.29, 0.717) is 11.6 Å².